The number of aryl methyl sites for hydroxylation is 1. The highest BCUT2D eigenvalue weighted by Crippen LogP contribution is 2.15. The van der Waals surface area contributed by atoms with Gasteiger partial charge in [0.25, 0.3) is 10.2 Å². The average molecular weight is 295 g/mol. The normalized spacial score (nSPS) is 11.7. The monoisotopic (exact) mass is 295 g/mol. The summed E-state index contributed by atoms with van der Waals surface area (Å²) in [6, 6.07) is 5.30. The summed E-state index contributed by atoms with van der Waals surface area (Å²) in [5.74, 6) is 5.63. The van der Waals surface area contributed by atoms with Crippen LogP contribution >= 0.6 is 0 Å². The summed E-state index contributed by atoms with van der Waals surface area (Å²) in [5, 5.41) is 0. The molecule has 6 heteroatoms. The van der Waals surface area contributed by atoms with Gasteiger partial charge in [-0.25, -0.2) is 0 Å². The van der Waals surface area contributed by atoms with Crippen molar-refractivity contribution in [1.82, 2.24) is 4.72 Å². The molecule has 0 heterocycles. The van der Waals surface area contributed by atoms with Crippen molar-refractivity contribution < 1.29 is 8.42 Å². The molecule has 0 aromatic heterocycles. The van der Waals surface area contributed by atoms with Gasteiger partial charge >= 0.3 is 0 Å². The molecule has 0 radical (unpaired) electrons. The number of benzene rings is 1. The SMILES string of the molecule is Cc1cc(C#CCN)cc(NS(=O)(=O)NC(C)(C)C)c1. The van der Waals surface area contributed by atoms with Crippen LogP contribution < -0.4 is 15.2 Å². The predicted molar refractivity (Wildman–Crippen MR) is 82.5 cm³/mol. The summed E-state index contributed by atoms with van der Waals surface area (Å²) in [4.78, 5) is 0. The first-order valence-electron chi connectivity index (χ1n) is 6.24. The number of nitrogens with two attached hydrogens (primary N) is 1. The Morgan fingerprint density at radius 2 is 1.90 bits per heavy atom. The number of nitrogens with one attached hydrogen (secondary N) is 2. The highest BCUT2D eigenvalue weighted by atomic mass is 32.2. The number of anilines is 1. The molecule has 0 atom stereocenters. The van der Waals surface area contributed by atoms with Crippen LogP contribution in [0.5, 0.6) is 0 Å². The summed E-state index contributed by atoms with van der Waals surface area (Å²) in [6.45, 7) is 7.48. The van der Waals surface area contributed by atoms with E-state index in [2.05, 4.69) is 21.3 Å². The quantitative estimate of drug-likeness (QED) is 0.736. The lowest BCUT2D eigenvalue weighted by molar-refractivity contribution is 0.494. The minimum absolute atomic E-state index is 0.264. The number of hydrogen-bond donors (Lipinski definition) is 3. The van der Waals surface area contributed by atoms with E-state index in [1.54, 1.807) is 32.9 Å². The summed E-state index contributed by atoms with van der Waals surface area (Å²) in [6.07, 6.45) is 0. The zero-order chi connectivity index (χ0) is 15.4. The second-order valence-electron chi connectivity index (χ2n) is 5.55. The van der Waals surface area contributed by atoms with Gasteiger partial charge in [-0.05, 0) is 51.5 Å². The van der Waals surface area contributed by atoms with Crippen LogP contribution in [0.2, 0.25) is 0 Å². The largest absolute Gasteiger partial charge is 0.320 e. The smallest absolute Gasteiger partial charge is 0.299 e. The molecule has 4 N–H and O–H groups in total. The Labute approximate surface area is 121 Å². The maximum absolute atomic E-state index is 12.0. The molecular weight excluding hydrogens is 274 g/mol. The van der Waals surface area contributed by atoms with E-state index in [1.807, 2.05) is 13.0 Å². The van der Waals surface area contributed by atoms with E-state index in [9.17, 15) is 8.42 Å². The molecule has 0 aliphatic heterocycles. The van der Waals surface area contributed by atoms with Gasteiger partial charge in [0.15, 0.2) is 0 Å². The molecule has 0 amide bonds. The fraction of sp³-hybridized carbons (Fsp3) is 0.429. The number of hydrogen-bond acceptors (Lipinski definition) is 3. The third kappa shape index (κ3) is 6.06. The van der Waals surface area contributed by atoms with Crippen molar-refractivity contribution in [2.45, 2.75) is 33.2 Å². The molecular formula is C14H21N3O2S. The van der Waals surface area contributed by atoms with E-state index >= 15 is 0 Å². The molecule has 0 saturated heterocycles. The summed E-state index contributed by atoms with van der Waals surface area (Å²) in [5.41, 5.74) is 6.90. The molecule has 20 heavy (non-hydrogen) atoms. The lowest BCUT2D eigenvalue weighted by atomic mass is 10.1. The molecule has 1 aromatic carbocycles. The molecule has 0 bridgehead atoms. The third-order valence-electron chi connectivity index (χ3n) is 2.10. The predicted octanol–water partition coefficient (Wildman–Crippen LogP) is 1.35. The van der Waals surface area contributed by atoms with Crippen LogP contribution in [0, 0.1) is 18.8 Å². The van der Waals surface area contributed by atoms with E-state index in [-0.39, 0.29) is 6.54 Å². The molecule has 0 saturated carbocycles. The van der Waals surface area contributed by atoms with Gasteiger partial charge in [0, 0.05) is 11.1 Å². The second kappa shape index (κ2) is 6.27. The highest BCUT2D eigenvalue weighted by Gasteiger charge is 2.19. The Morgan fingerprint density at radius 3 is 2.45 bits per heavy atom. The zero-order valence-corrected chi connectivity index (χ0v) is 13.1. The van der Waals surface area contributed by atoms with Gasteiger partial charge in [0.05, 0.1) is 12.2 Å². The van der Waals surface area contributed by atoms with Crippen molar-refractivity contribution in [3.05, 3.63) is 29.3 Å². The topological polar surface area (TPSA) is 84.2 Å². The maximum Gasteiger partial charge on any atom is 0.299 e. The summed E-state index contributed by atoms with van der Waals surface area (Å²) in [7, 11) is -3.62. The fourth-order valence-corrected chi connectivity index (χ4v) is 2.94. The average Bonchev–Trinajstić information content (AvgIpc) is 2.21. The second-order valence-corrected chi connectivity index (χ2v) is 6.97. The molecule has 1 aromatic rings. The van der Waals surface area contributed by atoms with Crippen LogP contribution in [-0.4, -0.2) is 20.5 Å². The van der Waals surface area contributed by atoms with Crippen LogP contribution in [-0.2, 0) is 10.2 Å². The Bertz CT molecular complexity index is 635. The molecule has 0 unspecified atom stereocenters. The van der Waals surface area contributed by atoms with Crippen LogP contribution in [0.4, 0.5) is 5.69 Å². The lowest BCUT2D eigenvalue weighted by Gasteiger charge is -2.21. The van der Waals surface area contributed by atoms with E-state index in [0.717, 1.165) is 11.1 Å². The van der Waals surface area contributed by atoms with Crippen LogP contribution in [0.25, 0.3) is 0 Å². The zero-order valence-electron chi connectivity index (χ0n) is 12.2. The molecule has 5 nitrogen and oxygen atoms in total. The van der Waals surface area contributed by atoms with E-state index < -0.39 is 15.7 Å². The van der Waals surface area contributed by atoms with Crippen molar-refractivity contribution in [3.8, 4) is 11.8 Å². The minimum atomic E-state index is -3.62. The van der Waals surface area contributed by atoms with E-state index in [1.165, 1.54) is 0 Å². The lowest BCUT2D eigenvalue weighted by Crippen LogP contribution is -2.43. The first kappa shape index (κ1) is 16.5. The Kier molecular flexibility index (Phi) is 5.17. The van der Waals surface area contributed by atoms with Gasteiger partial charge < -0.3 is 5.73 Å². The molecule has 0 spiro atoms. The fourth-order valence-electron chi connectivity index (χ4n) is 1.65. The molecule has 0 aliphatic rings. The van der Waals surface area contributed by atoms with Gasteiger partial charge in [-0.2, -0.15) is 13.1 Å². The van der Waals surface area contributed by atoms with Crippen molar-refractivity contribution in [2.24, 2.45) is 5.73 Å². The highest BCUT2D eigenvalue weighted by molar-refractivity contribution is 7.90. The number of rotatable bonds is 3. The van der Waals surface area contributed by atoms with Crippen LogP contribution in [0.15, 0.2) is 18.2 Å². The van der Waals surface area contributed by atoms with Crippen molar-refractivity contribution in [3.63, 3.8) is 0 Å². The molecule has 0 fully saturated rings. The van der Waals surface area contributed by atoms with Crippen LogP contribution in [0.3, 0.4) is 0 Å². The van der Waals surface area contributed by atoms with E-state index in [4.69, 9.17) is 5.73 Å². The van der Waals surface area contributed by atoms with Gasteiger partial charge in [-0.3, -0.25) is 4.72 Å². The maximum atomic E-state index is 12.0. The Balaban J connectivity index is 3.01. The van der Waals surface area contributed by atoms with E-state index in [0.29, 0.717) is 5.69 Å². The Hall–Kier alpha value is -1.55. The van der Waals surface area contributed by atoms with Gasteiger partial charge in [0.1, 0.15) is 0 Å². The summed E-state index contributed by atoms with van der Waals surface area (Å²) < 4.78 is 29.0. The molecule has 110 valence electrons. The van der Waals surface area contributed by atoms with Gasteiger partial charge in [-0.15, -0.1) is 0 Å². The van der Waals surface area contributed by atoms with Crippen molar-refractivity contribution in [2.75, 3.05) is 11.3 Å². The first-order chi connectivity index (χ1) is 9.11. The first-order valence-corrected chi connectivity index (χ1v) is 7.72. The third-order valence-corrected chi connectivity index (χ3v) is 3.49. The minimum Gasteiger partial charge on any atom is -0.320 e. The van der Waals surface area contributed by atoms with Crippen molar-refractivity contribution >= 4 is 15.9 Å². The van der Waals surface area contributed by atoms with Crippen molar-refractivity contribution in [1.29, 1.82) is 0 Å². The van der Waals surface area contributed by atoms with Gasteiger partial charge in [0.2, 0.25) is 0 Å². The summed E-state index contributed by atoms with van der Waals surface area (Å²) >= 11 is 0. The Morgan fingerprint density at radius 1 is 1.25 bits per heavy atom. The van der Waals surface area contributed by atoms with Gasteiger partial charge in [-0.1, -0.05) is 11.8 Å². The standard InChI is InChI=1S/C14H21N3O2S/c1-11-8-12(6-5-7-15)10-13(9-11)16-20(18,19)17-14(2,3)4/h8-10,16-17H,7,15H2,1-4H3. The molecule has 0 aliphatic carbocycles. The molecule has 1 rings (SSSR count). The van der Waals surface area contributed by atoms with Crippen LogP contribution in [0.1, 0.15) is 31.9 Å².